The van der Waals surface area contributed by atoms with Gasteiger partial charge in [0.05, 0.1) is 18.2 Å². The second-order valence-corrected chi connectivity index (χ2v) is 4.68. The van der Waals surface area contributed by atoms with Crippen LogP contribution in [-0.4, -0.2) is 21.6 Å². The zero-order valence-corrected chi connectivity index (χ0v) is 11.7. The van der Waals surface area contributed by atoms with Crippen LogP contribution in [-0.2, 0) is 0 Å². The number of para-hydroxylation sites is 2. The summed E-state index contributed by atoms with van der Waals surface area (Å²) >= 11 is 0. The minimum Gasteiger partial charge on any atom is -0.495 e. The standard InChI is InChI=1S/C15H16N4O/c1-9-10(2)19(11-6-4-5-7-12(11)20-3)15-13(9)14(16)17-8-18-15/h4-8H,1-3H3,(H2,16,17,18). The minimum atomic E-state index is 0.504. The van der Waals surface area contributed by atoms with Gasteiger partial charge in [-0.05, 0) is 31.5 Å². The molecule has 0 spiro atoms. The van der Waals surface area contributed by atoms with Crippen molar-refractivity contribution in [1.82, 2.24) is 14.5 Å². The summed E-state index contributed by atoms with van der Waals surface area (Å²) in [7, 11) is 1.66. The highest BCUT2D eigenvalue weighted by Gasteiger charge is 2.18. The molecule has 5 heteroatoms. The molecule has 0 aliphatic rings. The number of nitrogens with zero attached hydrogens (tertiary/aromatic N) is 3. The molecule has 0 fully saturated rings. The van der Waals surface area contributed by atoms with E-state index in [0.29, 0.717) is 5.82 Å². The average molecular weight is 268 g/mol. The van der Waals surface area contributed by atoms with Crippen LogP contribution in [0.15, 0.2) is 30.6 Å². The summed E-state index contributed by atoms with van der Waals surface area (Å²) in [4.78, 5) is 8.47. The van der Waals surface area contributed by atoms with Gasteiger partial charge in [0, 0.05) is 5.69 Å². The zero-order chi connectivity index (χ0) is 14.3. The van der Waals surface area contributed by atoms with Gasteiger partial charge in [0.1, 0.15) is 17.9 Å². The third-order valence-corrected chi connectivity index (χ3v) is 3.65. The smallest absolute Gasteiger partial charge is 0.150 e. The van der Waals surface area contributed by atoms with Crippen LogP contribution in [0.25, 0.3) is 16.7 Å². The molecule has 1 aromatic carbocycles. The normalized spacial score (nSPS) is 10.9. The lowest BCUT2D eigenvalue weighted by molar-refractivity contribution is 0.413. The number of hydrogen-bond acceptors (Lipinski definition) is 4. The lowest BCUT2D eigenvalue weighted by atomic mass is 10.2. The van der Waals surface area contributed by atoms with E-state index in [4.69, 9.17) is 10.5 Å². The van der Waals surface area contributed by atoms with Crippen LogP contribution in [0.1, 0.15) is 11.3 Å². The Morgan fingerprint density at radius 1 is 1.15 bits per heavy atom. The fourth-order valence-corrected chi connectivity index (χ4v) is 2.54. The zero-order valence-electron chi connectivity index (χ0n) is 11.7. The molecule has 0 saturated carbocycles. The van der Waals surface area contributed by atoms with Crippen molar-refractivity contribution in [1.29, 1.82) is 0 Å². The molecule has 2 aromatic heterocycles. The van der Waals surface area contributed by atoms with Crippen LogP contribution in [0.2, 0.25) is 0 Å². The van der Waals surface area contributed by atoms with Gasteiger partial charge >= 0.3 is 0 Å². The van der Waals surface area contributed by atoms with E-state index in [2.05, 4.69) is 14.5 Å². The molecule has 3 rings (SSSR count). The Kier molecular flexibility index (Phi) is 2.82. The molecule has 0 atom stereocenters. The number of aryl methyl sites for hydroxylation is 1. The van der Waals surface area contributed by atoms with E-state index in [9.17, 15) is 0 Å². The number of hydrogen-bond donors (Lipinski definition) is 1. The second-order valence-electron chi connectivity index (χ2n) is 4.68. The number of aromatic nitrogens is 3. The first-order valence-corrected chi connectivity index (χ1v) is 6.36. The maximum Gasteiger partial charge on any atom is 0.150 e. The maximum absolute atomic E-state index is 5.99. The number of ether oxygens (including phenoxy) is 1. The minimum absolute atomic E-state index is 0.504. The summed E-state index contributed by atoms with van der Waals surface area (Å²) < 4.78 is 7.50. The van der Waals surface area contributed by atoms with E-state index in [1.807, 2.05) is 38.1 Å². The number of benzene rings is 1. The molecule has 5 nitrogen and oxygen atoms in total. The van der Waals surface area contributed by atoms with Crippen molar-refractivity contribution in [2.45, 2.75) is 13.8 Å². The van der Waals surface area contributed by atoms with Gasteiger partial charge in [-0.1, -0.05) is 12.1 Å². The van der Waals surface area contributed by atoms with E-state index in [1.165, 1.54) is 6.33 Å². The summed E-state index contributed by atoms with van der Waals surface area (Å²) in [6, 6.07) is 7.85. The van der Waals surface area contributed by atoms with E-state index < -0.39 is 0 Å². The van der Waals surface area contributed by atoms with E-state index in [1.54, 1.807) is 7.11 Å². The molecule has 0 unspecified atom stereocenters. The number of nitrogen functional groups attached to an aromatic ring is 1. The van der Waals surface area contributed by atoms with Crippen molar-refractivity contribution in [3.63, 3.8) is 0 Å². The molecule has 0 aliphatic carbocycles. The molecular formula is C15H16N4O. The van der Waals surface area contributed by atoms with E-state index in [0.717, 1.165) is 33.7 Å². The highest BCUT2D eigenvalue weighted by Crippen LogP contribution is 2.33. The van der Waals surface area contributed by atoms with Gasteiger partial charge in [0.2, 0.25) is 0 Å². The Hall–Kier alpha value is -2.56. The Balaban J connectivity index is 2.43. The lowest BCUT2D eigenvalue weighted by Crippen LogP contribution is -2.01. The van der Waals surface area contributed by atoms with Crippen LogP contribution in [0.5, 0.6) is 5.75 Å². The molecule has 102 valence electrons. The Morgan fingerprint density at radius 2 is 1.90 bits per heavy atom. The molecule has 0 aliphatic heterocycles. The van der Waals surface area contributed by atoms with Crippen LogP contribution < -0.4 is 10.5 Å². The van der Waals surface area contributed by atoms with Gasteiger partial charge in [-0.15, -0.1) is 0 Å². The third kappa shape index (κ3) is 1.63. The Morgan fingerprint density at radius 3 is 2.65 bits per heavy atom. The lowest BCUT2D eigenvalue weighted by Gasteiger charge is -2.12. The fourth-order valence-electron chi connectivity index (χ4n) is 2.54. The van der Waals surface area contributed by atoms with Crippen LogP contribution in [0, 0.1) is 13.8 Å². The predicted octanol–water partition coefficient (Wildman–Crippen LogP) is 2.63. The highest BCUT2D eigenvalue weighted by atomic mass is 16.5. The van der Waals surface area contributed by atoms with E-state index in [-0.39, 0.29) is 0 Å². The quantitative estimate of drug-likeness (QED) is 0.776. The maximum atomic E-state index is 5.99. The van der Waals surface area contributed by atoms with Crippen molar-refractivity contribution in [2.75, 3.05) is 12.8 Å². The van der Waals surface area contributed by atoms with Crippen molar-refractivity contribution in [3.05, 3.63) is 41.9 Å². The van der Waals surface area contributed by atoms with Gasteiger partial charge in [0.25, 0.3) is 0 Å². The number of rotatable bonds is 2. The molecule has 0 bridgehead atoms. The third-order valence-electron chi connectivity index (χ3n) is 3.65. The molecule has 20 heavy (non-hydrogen) atoms. The molecule has 2 N–H and O–H groups in total. The van der Waals surface area contributed by atoms with Crippen molar-refractivity contribution >= 4 is 16.9 Å². The van der Waals surface area contributed by atoms with Gasteiger partial charge in [-0.3, -0.25) is 4.57 Å². The highest BCUT2D eigenvalue weighted by molar-refractivity contribution is 5.92. The SMILES string of the molecule is COc1ccccc1-n1c(C)c(C)c2c(N)ncnc21. The Labute approximate surface area is 117 Å². The van der Waals surface area contributed by atoms with Crippen molar-refractivity contribution in [2.24, 2.45) is 0 Å². The first-order chi connectivity index (χ1) is 9.65. The van der Waals surface area contributed by atoms with Gasteiger partial charge in [-0.2, -0.15) is 0 Å². The largest absolute Gasteiger partial charge is 0.495 e. The summed E-state index contributed by atoms with van der Waals surface area (Å²) in [5.41, 5.74) is 9.91. The summed E-state index contributed by atoms with van der Waals surface area (Å²) in [6.45, 7) is 4.08. The van der Waals surface area contributed by atoms with Crippen LogP contribution in [0.4, 0.5) is 5.82 Å². The summed E-state index contributed by atoms with van der Waals surface area (Å²) in [5, 5.41) is 0.899. The molecule has 2 heterocycles. The summed E-state index contributed by atoms with van der Waals surface area (Å²) in [6.07, 6.45) is 1.49. The number of methoxy groups -OCH3 is 1. The van der Waals surface area contributed by atoms with E-state index >= 15 is 0 Å². The molecule has 3 aromatic rings. The molecule has 0 radical (unpaired) electrons. The van der Waals surface area contributed by atoms with Crippen LogP contribution in [0.3, 0.4) is 0 Å². The van der Waals surface area contributed by atoms with Crippen molar-refractivity contribution < 1.29 is 4.74 Å². The number of anilines is 1. The molecule has 0 amide bonds. The van der Waals surface area contributed by atoms with Gasteiger partial charge in [0.15, 0.2) is 5.65 Å². The van der Waals surface area contributed by atoms with Crippen LogP contribution >= 0.6 is 0 Å². The molecule has 0 saturated heterocycles. The number of fused-ring (bicyclic) bond motifs is 1. The second kappa shape index (κ2) is 4.52. The average Bonchev–Trinajstić information content (AvgIpc) is 2.72. The topological polar surface area (TPSA) is 66.0 Å². The van der Waals surface area contributed by atoms with Gasteiger partial charge in [-0.25, -0.2) is 9.97 Å². The number of nitrogens with two attached hydrogens (primary N) is 1. The van der Waals surface area contributed by atoms with Crippen molar-refractivity contribution in [3.8, 4) is 11.4 Å². The monoisotopic (exact) mass is 268 g/mol. The van der Waals surface area contributed by atoms with Gasteiger partial charge < -0.3 is 10.5 Å². The molecular weight excluding hydrogens is 252 g/mol. The first kappa shape index (κ1) is 12.5. The predicted molar refractivity (Wildman–Crippen MR) is 79.3 cm³/mol. The Bertz CT molecular complexity index is 792. The first-order valence-electron chi connectivity index (χ1n) is 6.36. The summed E-state index contributed by atoms with van der Waals surface area (Å²) in [5.74, 6) is 1.30. The fraction of sp³-hybridized carbons (Fsp3) is 0.200.